The minimum absolute atomic E-state index is 0.123. The Morgan fingerprint density at radius 3 is 2.54 bits per heavy atom. The van der Waals surface area contributed by atoms with E-state index in [4.69, 9.17) is 4.74 Å². The van der Waals surface area contributed by atoms with E-state index in [2.05, 4.69) is 27.7 Å². The number of allylic oxidation sites excluding steroid dienone is 3. The highest BCUT2D eigenvalue weighted by Crippen LogP contribution is 2.65. The summed E-state index contributed by atoms with van der Waals surface area (Å²) < 4.78 is 6.34. The largest absolute Gasteiger partial charge is 0.483 e. The van der Waals surface area contributed by atoms with Gasteiger partial charge in [-0.25, -0.2) is 0 Å². The van der Waals surface area contributed by atoms with Gasteiger partial charge >= 0.3 is 0 Å². The summed E-state index contributed by atoms with van der Waals surface area (Å²) in [5.41, 5.74) is 0.692. The van der Waals surface area contributed by atoms with Crippen LogP contribution in [-0.2, 0) is 14.3 Å². The summed E-state index contributed by atoms with van der Waals surface area (Å²) in [5, 5.41) is 9.40. The minimum Gasteiger partial charge on any atom is -0.483 e. The lowest BCUT2D eigenvalue weighted by Gasteiger charge is -2.63. The van der Waals surface area contributed by atoms with Gasteiger partial charge in [0, 0.05) is 17.1 Å². The molecule has 4 heteroatoms. The predicted octanol–water partition coefficient (Wildman–Crippen LogP) is 3.73. The summed E-state index contributed by atoms with van der Waals surface area (Å²) in [6, 6.07) is 0. The van der Waals surface area contributed by atoms with E-state index in [1.165, 1.54) is 18.9 Å². The number of Topliss-reactive ketones (excluding diaryl/α,β-unsaturated/α-hetero) is 1. The highest BCUT2D eigenvalue weighted by Gasteiger charge is 2.61. The molecule has 1 heterocycles. The van der Waals surface area contributed by atoms with Crippen molar-refractivity contribution in [3.8, 4) is 0 Å². The molecule has 1 N–H and O–H groups in total. The Balaban J connectivity index is 1.76. The van der Waals surface area contributed by atoms with Crippen LogP contribution in [0, 0.1) is 22.7 Å². The average Bonchev–Trinajstić information content (AvgIpc) is 2.56. The quantitative estimate of drug-likeness (QED) is 0.726. The summed E-state index contributed by atoms with van der Waals surface area (Å²) in [4.78, 5) is 25.3. The molecule has 0 bridgehead atoms. The van der Waals surface area contributed by atoms with Gasteiger partial charge in [-0.2, -0.15) is 0 Å². The van der Waals surface area contributed by atoms with Crippen LogP contribution < -0.4 is 0 Å². The number of ether oxygens (including phenoxy) is 1. The van der Waals surface area contributed by atoms with Crippen molar-refractivity contribution in [1.29, 1.82) is 0 Å². The van der Waals surface area contributed by atoms with E-state index < -0.39 is 12.2 Å². The first-order valence-electron chi connectivity index (χ1n) is 9.95. The van der Waals surface area contributed by atoms with Gasteiger partial charge in [0.2, 0.25) is 5.78 Å². The van der Waals surface area contributed by atoms with Crippen molar-refractivity contribution in [2.24, 2.45) is 22.7 Å². The number of ketones is 2. The number of hydrogen-bond acceptors (Lipinski definition) is 4. The van der Waals surface area contributed by atoms with Crippen LogP contribution in [0.5, 0.6) is 0 Å². The van der Waals surface area contributed by atoms with E-state index in [1.807, 2.05) is 0 Å². The molecule has 0 aromatic carbocycles. The maximum absolute atomic E-state index is 12.7. The second-order valence-electron chi connectivity index (χ2n) is 9.94. The molecule has 4 nitrogen and oxygen atoms in total. The topological polar surface area (TPSA) is 63.6 Å². The molecule has 0 aromatic rings. The monoisotopic (exact) mass is 358 g/mol. The van der Waals surface area contributed by atoms with Gasteiger partial charge in [-0.15, -0.1) is 0 Å². The molecule has 4 atom stereocenters. The fourth-order valence-corrected chi connectivity index (χ4v) is 6.74. The van der Waals surface area contributed by atoms with E-state index in [1.54, 1.807) is 0 Å². The summed E-state index contributed by atoms with van der Waals surface area (Å²) >= 11 is 0. The van der Waals surface area contributed by atoms with Crippen molar-refractivity contribution in [2.45, 2.75) is 71.8 Å². The maximum atomic E-state index is 12.7. The third-order valence-corrected chi connectivity index (χ3v) is 8.03. The number of hydrogen-bond donors (Lipinski definition) is 1. The van der Waals surface area contributed by atoms with E-state index in [-0.39, 0.29) is 34.2 Å². The summed E-state index contributed by atoms with van der Waals surface area (Å²) in [7, 11) is 0. The van der Waals surface area contributed by atoms with Crippen LogP contribution in [0.3, 0.4) is 0 Å². The van der Waals surface area contributed by atoms with Crippen molar-refractivity contribution in [2.75, 3.05) is 6.61 Å². The standard InChI is InChI=1S/C22H30O4/c1-20(2)7-5-8-21(3)16(20)6-9-22(4)17(21)11-14-15(24)10-13(12-23)18(25)19(14)26-22/h10,16-17,23H,5-9,11-12H2,1-4H3/t16-,17+,21-,22+/m0/s1. The smallest absolute Gasteiger partial charge is 0.226 e. The first-order valence-corrected chi connectivity index (χ1v) is 9.95. The highest BCUT2D eigenvalue weighted by atomic mass is 16.5. The Labute approximate surface area is 155 Å². The molecule has 0 amide bonds. The van der Waals surface area contributed by atoms with Gasteiger partial charge in [0.05, 0.1) is 6.61 Å². The molecule has 0 unspecified atom stereocenters. The van der Waals surface area contributed by atoms with Crippen LogP contribution in [-0.4, -0.2) is 28.9 Å². The summed E-state index contributed by atoms with van der Waals surface area (Å²) in [6.45, 7) is 8.87. The van der Waals surface area contributed by atoms with Crippen molar-refractivity contribution >= 4 is 11.6 Å². The molecule has 3 aliphatic carbocycles. The van der Waals surface area contributed by atoms with Crippen molar-refractivity contribution < 1.29 is 19.4 Å². The van der Waals surface area contributed by atoms with Crippen molar-refractivity contribution in [3.05, 3.63) is 23.0 Å². The number of carbonyl (C=O) groups excluding carboxylic acids is 2. The maximum Gasteiger partial charge on any atom is 0.226 e. The zero-order valence-corrected chi connectivity index (χ0v) is 16.4. The first kappa shape index (κ1) is 18.0. The molecule has 4 rings (SSSR count). The van der Waals surface area contributed by atoms with Crippen molar-refractivity contribution in [3.63, 3.8) is 0 Å². The molecule has 0 saturated heterocycles. The van der Waals surface area contributed by atoms with Crippen molar-refractivity contribution in [1.82, 2.24) is 0 Å². The van der Waals surface area contributed by atoms with E-state index in [0.717, 1.165) is 19.3 Å². The zero-order valence-electron chi connectivity index (χ0n) is 16.4. The van der Waals surface area contributed by atoms with Gasteiger partial charge in [-0.3, -0.25) is 9.59 Å². The van der Waals surface area contributed by atoms with Crippen LogP contribution >= 0.6 is 0 Å². The van der Waals surface area contributed by atoms with E-state index in [0.29, 0.717) is 23.3 Å². The molecule has 0 aromatic heterocycles. The number of aliphatic hydroxyl groups is 1. The van der Waals surface area contributed by atoms with Gasteiger partial charge in [0.1, 0.15) is 5.60 Å². The molecular formula is C22H30O4. The van der Waals surface area contributed by atoms with Gasteiger partial charge in [-0.1, -0.05) is 27.2 Å². The minimum atomic E-state index is -0.418. The van der Waals surface area contributed by atoms with Gasteiger partial charge < -0.3 is 9.84 Å². The Morgan fingerprint density at radius 2 is 1.85 bits per heavy atom. The molecule has 2 saturated carbocycles. The number of aliphatic hydroxyl groups excluding tert-OH is 1. The third kappa shape index (κ3) is 2.30. The van der Waals surface area contributed by atoms with Gasteiger partial charge in [0.15, 0.2) is 11.5 Å². The molecule has 2 fully saturated rings. The number of rotatable bonds is 1. The van der Waals surface area contributed by atoms with Gasteiger partial charge in [0.25, 0.3) is 0 Å². The van der Waals surface area contributed by atoms with E-state index >= 15 is 0 Å². The summed E-state index contributed by atoms with van der Waals surface area (Å²) in [6.07, 6.45) is 7.57. The van der Waals surface area contributed by atoms with Crippen LogP contribution in [0.1, 0.15) is 66.2 Å². The van der Waals surface area contributed by atoms with Crippen LogP contribution in [0.15, 0.2) is 23.0 Å². The Kier molecular flexibility index (Phi) is 3.83. The molecule has 142 valence electrons. The number of carbonyl (C=O) groups is 2. The van der Waals surface area contributed by atoms with E-state index in [9.17, 15) is 14.7 Å². The highest BCUT2D eigenvalue weighted by molar-refractivity contribution is 6.22. The number of fused-ring (bicyclic) bond motifs is 3. The summed E-state index contributed by atoms with van der Waals surface area (Å²) in [5.74, 6) is 0.598. The lowest BCUT2D eigenvalue weighted by atomic mass is 9.44. The van der Waals surface area contributed by atoms with Crippen LogP contribution in [0.2, 0.25) is 0 Å². The Bertz CT molecular complexity index is 743. The Hall–Kier alpha value is -1.42. The first-order chi connectivity index (χ1) is 12.1. The molecule has 0 spiro atoms. The lowest BCUT2D eigenvalue weighted by molar-refractivity contribution is -0.186. The molecule has 1 aliphatic heterocycles. The van der Waals surface area contributed by atoms with Crippen LogP contribution in [0.25, 0.3) is 0 Å². The molecular weight excluding hydrogens is 328 g/mol. The zero-order chi connectivity index (χ0) is 18.9. The average molecular weight is 358 g/mol. The second kappa shape index (κ2) is 5.54. The predicted molar refractivity (Wildman–Crippen MR) is 98.3 cm³/mol. The molecule has 26 heavy (non-hydrogen) atoms. The fraction of sp³-hybridized carbons (Fsp3) is 0.727. The third-order valence-electron chi connectivity index (χ3n) is 8.03. The second-order valence-corrected chi connectivity index (χ2v) is 9.94. The van der Waals surface area contributed by atoms with Crippen LogP contribution in [0.4, 0.5) is 0 Å². The molecule has 4 aliphatic rings. The Morgan fingerprint density at radius 1 is 1.12 bits per heavy atom. The van der Waals surface area contributed by atoms with Gasteiger partial charge in [-0.05, 0) is 61.9 Å². The SMILES string of the molecule is CC1(C)CCC[C@]2(C)[C@H]3CC4=C(O[C@]3(C)CC[C@@H]12)C(=O)C(CO)=CC4=O. The molecule has 0 radical (unpaired) electrons. The fourth-order valence-electron chi connectivity index (χ4n) is 6.74. The lowest BCUT2D eigenvalue weighted by Crippen LogP contribution is -2.60. The normalized spacial score (nSPS) is 41.7.